The summed E-state index contributed by atoms with van der Waals surface area (Å²) in [5.41, 5.74) is 3.03. The molecular formula is C23H28N3O5+. The van der Waals surface area contributed by atoms with Gasteiger partial charge in [0.05, 0.1) is 24.7 Å². The van der Waals surface area contributed by atoms with Crippen LogP contribution in [0, 0.1) is 24.0 Å². The summed E-state index contributed by atoms with van der Waals surface area (Å²) in [6.45, 7) is 6.11. The van der Waals surface area contributed by atoms with Crippen molar-refractivity contribution in [2.45, 2.75) is 39.2 Å². The minimum atomic E-state index is -0.453. The molecule has 0 radical (unpaired) electrons. The first kappa shape index (κ1) is 21.1. The van der Waals surface area contributed by atoms with Crippen LogP contribution in [0.5, 0.6) is 11.5 Å². The number of nitrogens with zero attached hydrogens (tertiary/aromatic N) is 1. The predicted molar refractivity (Wildman–Crippen MR) is 116 cm³/mol. The highest BCUT2D eigenvalue weighted by atomic mass is 16.6. The fraction of sp³-hybridized carbons (Fsp3) is 0.435. The zero-order chi connectivity index (χ0) is 22.0. The first-order valence-electron chi connectivity index (χ1n) is 10.7. The molecule has 1 unspecified atom stereocenters. The van der Waals surface area contributed by atoms with Gasteiger partial charge in [-0.25, -0.2) is 0 Å². The predicted octanol–water partition coefficient (Wildman–Crippen LogP) is 2.73. The van der Waals surface area contributed by atoms with Gasteiger partial charge in [0.25, 0.3) is 11.6 Å². The van der Waals surface area contributed by atoms with Gasteiger partial charge in [-0.3, -0.25) is 14.9 Å². The van der Waals surface area contributed by atoms with Crippen LogP contribution >= 0.6 is 0 Å². The number of quaternary nitrogens is 1. The molecule has 8 nitrogen and oxygen atoms in total. The van der Waals surface area contributed by atoms with Crippen molar-refractivity contribution in [3.05, 3.63) is 57.1 Å². The minimum Gasteiger partial charge on any atom is -0.490 e. The number of hydrogen-bond acceptors (Lipinski definition) is 5. The van der Waals surface area contributed by atoms with E-state index in [9.17, 15) is 14.9 Å². The van der Waals surface area contributed by atoms with E-state index in [-0.39, 0.29) is 29.9 Å². The maximum absolute atomic E-state index is 12.8. The van der Waals surface area contributed by atoms with E-state index in [0.29, 0.717) is 13.2 Å². The molecule has 0 aliphatic carbocycles. The number of nitro groups is 1. The topological polar surface area (TPSA) is 95.1 Å². The van der Waals surface area contributed by atoms with Crippen LogP contribution in [0.15, 0.2) is 30.3 Å². The molecule has 31 heavy (non-hydrogen) atoms. The van der Waals surface area contributed by atoms with Crippen LogP contribution < -0.4 is 19.7 Å². The van der Waals surface area contributed by atoms with E-state index in [4.69, 9.17) is 9.47 Å². The Balaban J connectivity index is 1.48. The number of amides is 1. The normalized spacial score (nSPS) is 20.2. The lowest BCUT2D eigenvalue weighted by Crippen LogP contribution is -3.11. The molecule has 0 bridgehead atoms. The van der Waals surface area contributed by atoms with Gasteiger partial charge in [-0.1, -0.05) is 0 Å². The Morgan fingerprint density at radius 2 is 1.87 bits per heavy atom. The van der Waals surface area contributed by atoms with Crippen molar-refractivity contribution >= 4 is 17.3 Å². The summed E-state index contributed by atoms with van der Waals surface area (Å²) < 4.78 is 11.5. The van der Waals surface area contributed by atoms with E-state index < -0.39 is 4.92 Å². The fourth-order valence-electron chi connectivity index (χ4n) is 4.37. The van der Waals surface area contributed by atoms with Crippen molar-refractivity contribution in [1.82, 2.24) is 0 Å². The second kappa shape index (κ2) is 8.93. The average Bonchev–Trinajstić information content (AvgIpc) is 3.05. The number of aryl methyl sites for hydroxylation is 2. The summed E-state index contributed by atoms with van der Waals surface area (Å²) >= 11 is 0. The summed E-state index contributed by atoms with van der Waals surface area (Å²) in [6.07, 6.45) is 2.85. The molecule has 2 atom stereocenters. The number of hydrogen-bond donors (Lipinski definition) is 2. The summed E-state index contributed by atoms with van der Waals surface area (Å²) in [5, 5.41) is 14.2. The molecule has 1 amide bonds. The molecule has 1 fully saturated rings. The van der Waals surface area contributed by atoms with Gasteiger partial charge >= 0.3 is 0 Å². The molecular weight excluding hydrogens is 398 g/mol. The number of fused-ring (bicyclic) bond motifs is 1. The number of nitro benzene ring substituents is 1. The van der Waals surface area contributed by atoms with E-state index in [1.807, 2.05) is 26.0 Å². The smallest absolute Gasteiger partial charge is 0.293 e. The van der Waals surface area contributed by atoms with E-state index in [1.165, 1.54) is 6.07 Å². The maximum atomic E-state index is 12.8. The Morgan fingerprint density at radius 1 is 1.13 bits per heavy atom. The van der Waals surface area contributed by atoms with E-state index in [1.54, 1.807) is 6.07 Å². The van der Waals surface area contributed by atoms with E-state index in [2.05, 4.69) is 11.4 Å². The van der Waals surface area contributed by atoms with Gasteiger partial charge in [0, 0.05) is 30.9 Å². The van der Waals surface area contributed by atoms with Gasteiger partial charge in [0.15, 0.2) is 18.0 Å². The first-order valence-corrected chi connectivity index (χ1v) is 10.7. The number of carbonyl (C=O) groups is 1. The third-order valence-electron chi connectivity index (χ3n) is 6.13. The van der Waals surface area contributed by atoms with Crippen molar-refractivity contribution in [3.8, 4) is 11.5 Å². The molecule has 164 valence electrons. The van der Waals surface area contributed by atoms with Gasteiger partial charge in [-0.2, -0.15) is 0 Å². The van der Waals surface area contributed by atoms with Gasteiger partial charge in [-0.15, -0.1) is 0 Å². The molecule has 0 aromatic heterocycles. The van der Waals surface area contributed by atoms with E-state index in [0.717, 1.165) is 58.9 Å². The quantitative estimate of drug-likeness (QED) is 0.566. The number of carbonyl (C=O) groups excluding carboxylic acids is 1. The van der Waals surface area contributed by atoms with Crippen LogP contribution in [0.2, 0.25) is 0 Å². The highest BCUT2D eigenvalue weighted by Crippen LogP contribution is 2.33. The van der Waals surface area contributed by atoms with Crippen molar-refractivity contribution in [2.24, 2.45) is 0 Å². The molecule has 1 saturated heterocycles. The largest absolute Gasteiger partial charge is 0.490 e. The lowest BCUT2D eigenvalue weighted by molar-refractivity contribution is -0.910. The van der Waals surface area contributed by atoms with Crippen molar-refractivity contribution < 1.29 is 24.1 Å². The second-order valence-electron chi connectivity index (χ2n) is 8.30. The van der Waals surface area contributed by atoms with Gasteiger partial charge in [-0.05, 0) is 49.2 Å². The minimum absolute atomic E-state index is 0.0766. The summed E-state index contributed by atoms with van der Waals surface area (Å²) in [7, 11) is 0. The fourth-order valence-corrected chi connectivity index (χ4v) is 4.37. The molecule has 0 spiro atoms. The van der Waals surface area contributed by atoms with Gasteiger partial charge < -0.3 is 19.7 Å². The van der Waals surface area contributed by atoms with Crippen molar-refractivity contribution in [3.63, 3.8) is 0 Å². The maximum Gasteiger partial charge on any atom is 0.293 e. The van der Waals surface area contributed by atoms with Gasteiger partial charge in [0.2, 0.25) is 0 Å². The molecule has 2 aromatic rings. The summed E-state index contributed by atoms with van der Waals surface area (Å²) in [6, 6.07) is 9.39. The first-order chi connectivity index (χ1) is 14.9. The third-order valence-corrected chi connectivity index (χ3v) is 6.13. The zero-order valence-electron chi connectivity index (χ0n) is 17.9. The Morgan fingerprint density at radius 3 is 2.65 bits per heavy atom. The van der Waals surface area contributed by atoms with Crippen LogP contribution in [0.1, 0.15) is 42.0 Å². The molecule has 2 N–H and O–H groups in total. The van der Waals surface area contributed by atoms with Crippen LogP contribution in [0.3, 0.4) is 0 Å². The lowest BCUT2D eigenvalue weighted by atomic mass is 10.0. The molecule has 2 aliphatic heterocycles. The summed E-state index contributed by atoms with van der Waals surface area (Å²) in [4.78, 5) is 24.9. The number of likely N-dealkylation sites (tertiary alicyclic amines) is 1. The van der Waals surface area contributed by atoms with E-state index >= 15 is 0 Å². The number of rotatable bonds is 5. The highest BCUT2D eigenvalue weighted by molar-refractivity contribution is 5.94. The molecule has 4 rings (SSSR count). The molecule has 0 saturated carbocycles. The van der Waals surface area contributed by atoms with Crippen LogP contribution in [-0.4, -0.2) is 37.1 Å². The number of anilines is 1. The second-order valence-corrected chi connectivity index (χ2v) is 8.30. The summed E-state index contributed by atoms with van der Waals surface area (Å²) in [5.74, 6) is 1.31. The Kier molecular flexibility index (Phi) is 6.08. The zero-order valence-corrected chi connectivity index (χ0v) is 17.9. The van der Waals surface area contributed by atoms with Gasteiger partial charge in [0.1, 0.15) is 11.7 Å². The van der Waals surface area contributed by atoms with Crippen molar-refractivity contribution in [1.29, 1.82) is 0 Å². The molecule has 2 aromatic carbocycles. The van der Waals surface area contributed by atoms with Crippen LogP contribution in [0.25, 0.3) is 0 Å². The highest BCUT2D eigenvalue weighted by Gasteiger charge is 2.33. The standard InChI is InChI=1S/C23H27N3O5/c1-15-11-18(20(26(28)29)12-16(15)2)24-23(27)14-25-8-3-5-19(25)17-6-7-21-22(13-17)31-10-4-9-30-21/h6-7,11-13,19H,3-5,8-10,14H2,1-2H3,(H,24,27)/p+1/t19-/m1/s1. The van der Waals surface area contributed by atoms with Crippen LogP contribution in [0.4, 0.5) is 11.4 Å². The Bertz CT molecular complexity index is 1010. The molecule has 2 aliphatic rings. The van der Waals surface area contributed by atoms with Crippen LogP contribution in [-0.2, 0) is 4.79 Å². The molecule has 2 heterocycles. The lowest BCUT2D eigenvalue weighted by Gasteiger charge is -2.22. The molecule has 8 heteroatoms. The Hall–Kier alpha value is -3.13. The number of benzene rings is 2. The number of ether oxygens (including phenoxy) is 2. The monoisotopic (exact) mass is 426 g/mol. The number of nitrogens with one attached hydrogen (secondary N) is 2. The van der Waals surface area contributed by atoms with Crippen molar-refractivity contribution in [2.75, 3.05) is 31.6 Å². The average molecular weight is 426 g/mol. The Labute approximate surface area is 181 Å². The third kappa shape index (κ3) is 4.64. The SMILES string of the molecule is Cc1cc(NC(=O)C[NH+]2CCC[C@@H]2c2ccc3c(c2)OCCCO3)c([N+](=O)[O-])cc1C.